The van der Waals surface area contributed by atoms with Crippen molar-refractivity contribution in [1.29, 1.82) is 0 Å². The third-order valence-electron chi connectivity index (χ3n) is 7.99. The lowest BCUT2D eigenvalue weighted by Crippen LogP contribution is -2.05. The van der Waals surface area contributed by atoms with Gasteiger partial charge in [0.15, 0.2) is 11.6 Å². The molecule has 0 amide bonds. The van der Waals surface area contributed by atoms with Crippen molar-refractivity contribution in [3.63, 3.8) is 0 Å². The Kier molecular flexibility index (Phi) is 12.2. The van der Waals surface area contributed by atoms with Crippen molar-refractivity contribution in [2.75, 3.05) is 0 Å². The van der Waals surface area contributed by atoms with Crippen LogP contribution in [0, 0.1) is 88.4 Å². The first-order valence-corrected chi connectivity index (χ1v) is 15.2. The van der Waals surface area contributed by atoms with Crippen LogP contribution < -0.4 is 0 Å². The van der Waals surface area contributed by atoms with Gasteiger partial charge < -0.3 is 10.2 Å². The summed E-state index contributed by atoms with van der Waals surface area (Å²) in [5, 5.41) is 82.3. The maximum absolute atomic E-state index is 12.0. The fourth-order valence-corrected chi connectivity index (χ4v) is 5.63. The number of carbonyl (C=O) groups is 2. The summed E-state index contributed by atoms with van der Waals surface area (Å²) in [5.41, 5.74) is 0.316. The van der Waals surface area contributed by atoms with Gasteiger partial charge in [0.2, 0.25) is 0 Å². The standard InChI is InChI=1S/C20H20N2O2.2C6H3N3O7/c1-9-15-7-16-10(2)20(14(6)24)12(4)22-18(16)8-17(15)21-11(3)19(9)13(5)23;2*10-6-4(8(13)14)1-3(7(11)12)2-5(6)9(15)16/h7-8H,1-6H3;2*1-2,10H. The number of phenols is 2. The molecule has 0 radical (unpaired) electrons. The molecule has 24 heteroatoms. The lowest BCUT2D eigenvalue weighted by atomic mass is 9.95. The van der Waals surface area contributed by atoms with Crippen LogP contribution in [-0.4, -0.2) is 61.3 Å². The molecule has 0 bridgehead atoms. The van der Waals surface area contributed by atoms with Crippen LogP contribution >= 0.6 is 0 Å². The van der Waals surface area contributed by atoms with Gasteiger partial charge in [0.1, 0.15) is 0 Å². The van der Waals surface area contributed by atoms with Crippen molar-refractivity contribution in [3.05, 3.63) is 131 Å². The van der Waals surface area contributed by atoms with Gasteiger partial charge in [-0.05, 0) is 64.8 Å². The van der Waals surface area contributed by atoms with Crippen LogP contribution in [0.2, 0.25) is 0 Å². The molecule has 290 valence electrons. The van der Waals surface area contributed by atoms with E-state index in [-0.39, 0.29) is 11.6 Å². The molecule has 2 N–H and O–H groups in total. The molecule has 0 atom stereocenters. The van der Waals surface area contributed by atoms with Gasteiger partial charge in [0.05, 0.1) is 64.8 Å². The molecular formula is C32H26N8O16. The maximum Gasteiger partial charge on any atom is 0.324 e. The Morgan fingerprint density at radius 2 is 0.750 bits per heavy atom. The summed E-state index contributed by atoms with van der Waals surface area (Å²) < 4.78 is 0. The van der Waals surface area contributed by atoms with Gasteiger partial charge in [-0.3, -0.25) is 80.2 Å². The first kappa shape index (κ1) is 42.2. The van der Waals surface area contributed by atoms with Crippen LogP contribution in [0.15, 0.2) is 36.4 Å². The van der Waals surface area contributed by atoms with E-state index < -0.39 is 75.2 Å². The molecule has 24 nitrogen and oxygen atoms in total. The van der Waals surface area contributed by atoms with Gasteiger partial charge in [-0.2, -0.15) is 0 Å². The Labute approximate surface area is 310 Å². The second-order valence-corrected chi connectivity index (χ2v) is 11.6. The zero-order chi connectivity index (χ0) is 42.7. The van der Waals surface area contributed by atoms with E-state index in [0.717, 1.165) is 44.3 Å². The number of aromatic hydroxyl groups is 2. The molecule has 5 rings (SSSR count). The minimum atomic E-state index is -1.21. The highest BCUT2D eigenvalue weighted by molar-refractivity contribution is 6.07. The summed E-state index contributed by atoms with van der Waals surface area (Å²) in [7, 11) is 0. The molecule has 56 heavy (non-hydrogen) atoms. The number of nitro benzene ring substituents is 6. The van der Waals surface area contributed by atoms with E-state index in [1.54, 1.807) is 13.8 Å². The van der Waals surface area contributed by atoms with E-state index in [2.05, 4.69) is 9.97 Å². The van der Waals surface area contributed by atoms with Gasteiger partial charge >= 0.3 is 22.7 Å². The molecule has 0 fully saturated rings. The molecule has 0 spiro atoms. The summed E-state index contributed by atoms with van der Waals surface area (Å²) in [6.45, 7) is 10.7. The Hall–Kier alpha value is -8.18. The zero-order valence-electron chi connectivity index (χ0n) is 29.7. The van der Waals surface area contributed by atoms with Crippen molar-refractivity contribution in [2.45, 2.75) is 41.5 Å². The number of Topliss-reactive ketones (excluding diaryl/α,β-unsaturated/α-hetero) is 2. The summed E-state index contributed by atoms with van der Waals surface area (Å²) in [6, 6.07) is 5.74. The van der Waals surface area contributed by atoms with Gasteiger partial charge in [-0.15, -0.1) is 0 Å². The van der Waals surface area contributed by atoms with E-state index >= 15 is 0 Å². The Morgan fingerprint density at radius 3 is 0.964 bits per heavy atom. The molecule has 0 aliphatic heterocycles. The lowest BCUT2D eigenvalue weighted by Gasteiger charge is -2.14. The molecule has 0 aliphatic rings. The predicted octanol–water partition coefficient (Wildman–Crippen LogP) is 6.66. The van der Waals surface area contributed by atoms with Crippen LogP contribution in [0.25, 0.3) is 21.8 Å². The van der Waals surface area contributed by atoms with Gasteiger partial charge in [-0.1, -0.05) is 0 Å². The number of hydrogen-bond donors (Lipinski definition) is 2. The SMILES string of the molecule is CC(=O)c1c(C)nc2cc3nc(C)c(C(C)=O)c(C)c3cc2c1C.O=[N+]([O-])c1cc([N+](=O)[O-])c(O)c([N+](=O)[O-])c1.O=[N+]([O-])c1cc([N+](=O)[O-])c(O)c([N+](=O)[O-])c1. The highest BCUT2D eigenvalue weighted by Gasteiger charge is 2.31. The molecule has 0 saturated carbocycles. The number of hydrogen-bond acceptors (Lipinski definition) is 18. The van der Waals surface area contributed by atoms with Crippen LogP contribution in [-0.2, 0) is 0 Å². The van der Waals surface area contributed by atoms with Gasteiger partial charge in [-0.25, -0.2) is 0 Å². The number of ketones is 2. The van der Waals surface area contributed by atoms with Crippen molar-refractivity contribution in [3.8, 4) is 11.5 Å². The fourth-order valence-electron chi connectivity index (χ4n) is 5.63. The Balaban J connectivity index is 0.000000234. The number of aryl methyl sites for hydroxylation is 4. The first-order chi connectivity index (χ1) is 25.9. The van der Waals surface area contributed by atoms with Crippen LogP contribution in [0.5, 0.6) is 11.5 Å². The zero-order valence-corrected chi connectivity index (χ0v) is 29.7. The number of fused-ring (bicyclic) bond motifs is 2. The van der Waals surface area contributed by atoms with Crippen LogP contribution in [0.4, 0.5) is 34.1 Å². The molecule has 5 aromatic rings. The molecule has 3 aromatic carbocycles. The average molecular weight is 779 g/mol. The summed E-state index contributed by atoms with van der Waals surface area (Å²) >= 11 is 0. The number of phenolic OH excluding ortho intramolecular Hbond substituents is 2. The normalized spacial score (nSPS) is 10.4. The van der Waals surface area contributed by atoms with E-state index in [1.807, 2.05) is 39.8 Å². The highest BCUT2D eigenvalue weighted by Crippen LogP contribution is 2.40. The van der Waals surface area contributed by atoms with Crippen molar-refractivity contribution >= 4 is 67.5 Å². The predicted molar refractivity (Wildman–Crippen MR) is 192 cm³/mol. The van der Waals surface area contributed by atoms with Crippen LogP contribution in [0.1, 0.15) is 57.1 Å². The van der Waals surface area contributed by atoms with Gasteiger partial charge in [0, 0.05) is 33.3 Å². The Morgan fingerprint density at radius 1 is 0.482 bits per heavy atom. The summed E-state index contributed by atoms with van der Waals surface area (Å²) in [4.78, 5) is 88.6. The topological polar surface area (TPSA) is 359 Å². The molecular weight excluding hydrogens is 752 g/mol. The molecule has 0 saturated heterocycles. The summed E-state index contributed by atoms with van der Waals surface area (Å²) in [6.07, 6.45) is 0. The largest absolute Gasteiger partial charge is 0.497 e. The fraction of sp³-hybridized carbons (Fsp3) is 0.188. The lowest BCUT2D eigenvalue weighted by molar-refractivity contribution is -0.404. The molecule has 0 aliphatic carbocycles. The first-order valence-electron chi connectivity index (χ1n) is 15.2. The number of nitrogens with zero attached hydrogens (tertiary/aromatic N) is 8. The summed E-state index contributed by atoms with van der Waals surface area (Å²) in [5.74, 6) is -2.38. The minimum Gasteiger partial charge on any atom is -0.497 e. The van der Waals surface area contributed by atoms with Crippen LogP contribution in [0.3, 0.4) is 0 Å². The van der Waals surface area contributed by atoms with Gasteiger partial charge in [0.25, 0.3) is 22.9 Å². The Bertz CT molecular complexity index is 2350. The van der Waals surface area contributed by atoms with Crippen molar-refractivity contribution in [2.24, 2.45) is 0 Å². The number of pyridine rings is 2. The third kappa shape index (κ3) is 8.54. The smallest absolute Gasteiger partial charge is 0.324 e. The second kappa shape index (κ2) is 16.2. The molecule has 2 heterocycles. The monoisotopic (exact) mass is 778 g/mol. The number of benzene rings is 3. The third-order valence-corrected chi connectivity index (χ3v) is 7.99. The number of nitro groups is 6. The van der Waals surface area contributed by atoms with E-state index in [0.29, 0.717) is 35.4 Å². The average Bonchev–Trinajstić information content (AvgIpc) is 3.07. The second-order valence-electron chi connectivity index (χ2n) is 11.6. The number of carbonyl (C=O) groups excluding carboxylic acids is 2. The quantitative estimate of drug-likeness (QED) is 0.0719. The van der Waals surface area contributed by atoms with E-state index in [9.17, 15) is 70.3 Å². The number of non-ortho nitro benzene ring substituents is 2. The van der Waals surface area contributed by atoms with Crippen molar-refractivity contribution in [1.82, 2.24) is 9.97 Å². The van der Waals surface area contributed by atoms with E-state index in [1.165, 1.54) is 0 Å². The highest BCUT2D eigenvalue weighted by atomic mass is 16.7. The molecule has 0 unspecified atom stereocenters. The van der Waals surface area contributed by atoms with Crippen molar-refractivity contribution < 1.29 is 49.3 Å². The number of aromatic nitrogens is 2. The minimum absolute atomic E-state index is 0.0164. The number of rotatable bonds is 8. The molecule has 2 aromatic heterocycles. The maximum atomic E-state index is 12.0. The van der Waals surface area contributed by atoms with E-state index in [4.69, 9.17) is 10.2 Å².